The Kier molecular flexibility index (Phi) is 7.03. The van der Waals surface area contributed by atoms with Gasteiger partial charge in [-0.2, -0.15) is 8.61 Å². The zero-order valence-electron chi connectivity index (χ0n) is 15.3. The Morgan fingerprint density at radius 3 is 1.23 bits per heavy atom. The van der Waals surface area contributed by atoms with E-state index in [0.717, 1.165) is 9.75 Å². The van der Waals surface area contributed by atoms with E-state index >= 15 is 0 Å². The van der Waals surface area contributed by atoms with Gasteiger partial charge in [-0.3, -0.25) is 0 Å². The summed E-state index contributed by atoms with van der Waals surface area (Å²) in [5.74, 6) is 0. The summed E-state index contributed by atoms with van der Waals surface area (Å²) in [6.07, 6.45) is 0. The van der Waals surface area contributed by atoms with Crippen molar-refractivity contribution in [3.05, 3.63) is 24.3 Å². The number of rotatable bonds is 9. The summed E-state index contributed by atoms with van der Waals surface area (Å²) in [5.41, 5.74) is 0. The molecule has 0 spiro atoms. The van der Waals surface area contributed by atoms with Gasteiger partial charge >= 0.3 is 0 Å². The SMILES string of the molecule is CCN(CC)S(=O)(=O)c1ccc(-c2ccc(S(=O)(=O)N(CC)CC)s2)s1. The number of hydrogen-bond donors (Lipinski definition) is 0. The average Bonchev–Trinajstić information content (AvgIpc) is 3.26. The minimum absolute atomic E-state index is 0.276. The zero-order chi connectivity index (χ0) is 19.5. The number of hydrogen-bond acceptors (Lipinski definition) is 6. The van der Waals surface area contributed by atoms with Gasteiger partial charge in [-0.15, -0.1) is 22.7 Å². The molecule has 0 fully saturated rings. The highest BCUT2D eigenvalue weighted by Gasteiger charge is 2.26. The van der Waals surface area contributed by atoms with Crippen LogP contribution in [-0.2, 0) is 20.0 Å². The first kappa shape index (κ1) is 21.5. The number of thiophene rings is 2. The summed E-state index contributed by atoms with van der Waals surface area (Å²) in [7, 11) is -7.00. The summed E-state index contributed by atoms with van der Waals surface area (Å²) >= 11 is 2.34. The van der Waals surface area contributed by atoms with Crippen molar-refractivity contribution in [1.82, 2.24) is 8.61 Å². The largest absolute Gasteiger partial charge is 0.252 e. The number of nitrogens with zero attached hydrogens (tertiary/aromatic N) is 2. The van der Waals surface area contributed by atoms with E-state index in [4.69, 9.17) is 0 Å². The van der Waals surface area contributed by atoms with E-state index in [1.807, 2.05) is 0 Å². The van der Waals surface area contributed by atoms with Crippen LogP contribution in [0.2, 0.25) is 0 Å². The Bertz CT molecular complexity index is 858. The van der Waals surface area contributed by atoms with Crippen molar-refractivity contribution in [3.63, 3.8) is 0 Å². The maximum absolute atomic E-state index is 12.6. The van der Waals surface area contributed by atoms with E-state index in [0.29, 0.717) is 26.2 Å². The van der Waals surface area contributed by atoms with Gasteiger partial charge in [-0.25, -0.2) is 16.8 Å². The van der Waals surface area contributed by atoms with Gasteiger partial charge in [0.15, 0.2) is 0 Å². The topological polar surface area (TPSA) is 74.8 Å². The second kappa shape index (κ2) is 8.49. The molecule has 0 aliphatic rings. The van der Waals surface area contributed by atoms with Crippen LogP contribution in [0, 0.1) is 0 Å². The van der Waals surface area contributed by atoms with Crippen molar-refractivity contribution < 1.29 is 16.8 Å². The van der Waals surface area contributed by atoms with Crippen molar-refractivity contribution >= 4 is 42.7 Å². The lowest BCUT2D eigenvalue weighted by atomic mass is 10.4. The summed E-state index contributed by atoms with van der Waals surface area (Å²) in [5, 5.41) is 0. The number of sulfonamides is 2. The first-order chi connectivity index (χ1) is 12.2. The van der Waals surface area contributed by atoms with Gasteiger partial charge in [0.25, 0.3) is 20.0 Å². The van der Waals surface area contributed by atoms with E-state index in [2.05, 4.69) is 0 Å². The van der Waals surface area contributed by atoms with Gasteiger partial charge in [0.05, 0.1) is 0 Å². The van der Waals surface area contributed by atoms with Crippen LogP contribution in [0.25, 0.3) is 9.75 Å². The monoisotopic (exact) mass is 436 g/mol. The van der Waals surface area contributed by atoms with Gasteiger partial charge in [-0.05, 0) is 24.3 Å². The van der Waals surface area contributed by atoms with Crippen molar-refractivity contribution in [3.8, 4) is 9.75 Å². The molecule has 10 heteroatoms. The van der Waals surface area contributed by atoms with Crippen LogP contribution in [0.15, 0.2) is 32.7 Å². The normalized spacial score (nSPS) is 13.0. The summed E-state index contributed by atoms with van der Waals surface area (Å²) in [6, 6.07) is 6.65. The first-order valence-electron chi connectivity index (χ1n) is 8.42. The van der Waals surface area contributed by atoms with Gasteiger partial charge in [0, 0.05) is 35.9 Å². The second-order valence-corrected chi connectivity index (χ2v) is 11.9. The molecule has 0 aliphatic heterocycles. The van der Waals surface area contributed by atoms with Gasteiger partial charge in [-0.1, -0.05) is 27.7 Å². The fourth-order valence-corrected chi connectivity index (χ4v) is 8.49. The smallest absolute Gasteiger partial charge is 0.206 e. The third-order valence-corrected chi connectivity index (χ3v) is 11.4. The van der Waals surface area contributed by atoms with E-state index in [1.54, 1.807) is 52.0 Å². The molecule has 0 aliphatic carbocycles. The van der Waals surface area contributed by atoms with Crippen LogP contribution >= 0.6 is 22.7 Å². The molecule has 2 aromatic heterocycles. The van der Waals surface area contributed by atoms with Crippen LogP contribution in [0.4, 0.5) is 0 Å². The van der Waals surface area contributed by atoms with E-state index in [-0.39, 0.29) is 8.42 Å². The van der Waals surface area contributed by atoms with Gasteiger partial charge in [0.1, 0.15) is 8.42 Å². The molecule has 0 saturated carbocycles. The maximum atomic E-state index is 12.6. The lowest BCUT2D eigenvalue weighted by molar-refractivity contribution is 0.446. The molecule has 0 bridgehead atoms. The molecule has 2 rings (SSSR count). The van der Waals surface area contributed by atoms with Crippen molar-refractivity contribution in [1.29, 1.82) is 0 Å². The Morgan fingerprint density at radius 1 is 0.654 bits per heavy atom. The molecular weight excluding hydrogens is 412 g/mol. The highest BCUT2D eigenvalue weighted by Crippen LogP contribution is 2.38. The van der Waals surface area contributed by atoms with Crippen LogP contribution < -0.4 is 0 Å². The van der Waals surface area contributed by atoms with Gasteiger partial charge in [0.2, 0.25) is 0 Å². The molecule has 0 aromatic carbocycles. The molecule has 6 nitrogen and oxygen atoms in total. The third-order valence-electron chi connectivity index (χ3n) is 4.00. The van der Waals surface area contributed by atoms with Crippen molar-refractivity contribution in [2.75, 3.05) is 26.2 Å². The van der Waals surface area contributed by atoms with Gasteiger partial charge < -0.3 is 0 Å². The third kappa shape index (κ3) is 4.05. The fourth-order valence-electron chi connectivity index (χ4n) is 2.56. The van der Waals surface area contributed by atoms with E-state index in [1.165, 1.54) is 31.3 Å². The Hall–Kier alpha value is -0.780. The Labute approximate surface area is 164 Å². The summed E-state index contributed by atoms with van der Waals surface area (Å²) < 4.78 is 53.8. The van der Waals surface area contributed by atoms with Crippen LogP contribution in [0.3, 0.4) is 0 Å². The molecule has 146 valence electrons. The molecule has 0 radical (unpaired) electrons. The van der Waals surface area contributed by atoms with Crippen LogP contribution in [0.5, 0.6) is 0 Å². The van der Waals surface area contributed by atoms with Crippen LogP contribution in [0.1, 0.15) is 27.7 Å². The lowest BCUT2D eigenvalue weighted by Crippen LogP contribution is -2.29. The first-order valence-corrected chi connectivity index (χ1v) is 12.9. The maximum Gasteiger partial charge on any atom is 0.252 e. The highest BCUT2D eigenvalue weighted by atomic mass is 32.3. The zero-order valence-corrected chi connectivity index (χ0v) is 18.6. The molecule has 0 N–H and O–H groups in total. The van der Waals surface area contributed by atoms with E-state index in [9.17, 15) is 16.8 Å². The van der Waals surface area contributed by atoms with Crippen LogP contribution in [-0.4, -0.2) is 51.6 Å². The van der Waals surface area contributed by atoms with Crippen molar-refractivity contribution in [2.45, 2.75) is 36.1 Å². The average molecular weight is 437 g/mol. The lowest BCUT2D eigenvalue weighted by Gasteiger charge is -2.16. The fraction of sp³-hybridized carbons (Fsp3) is 0.500. The molecular formula is C16H24N2O4S4. The minimum Gasteiger partial charge on any atom is -0.206 e. The second-order valence-electron chi connectivity index (χ2n) is 5.42. The Morgan fingerprint density at radius 2 is 0.962 bits per heavy atom. The minimum atomic E-state index is -3.50. The van der Waals surface area contributed by atoms with Crippen molar-refractivity contribution in [2.24, 2.45) is 0 Å². The molecule has 2 heterocycles. The molecule has 26 heavy (non-hydrogen) atoms. The predicted octanol–water partition coefficient (Wildman–Crippen LogP) is 3.54. The highest BCUT2D eigenvalue weighted by molar-refractivity contribution is 7.91. The molecule has 2 aromatic rings. The standard InChI is InChI=1S/C16H24N2O4S4/c1-5-17(6-2)25(19,20)15-11-9-13(23-15)14-10-12-16(24-14)26(21,22)18(7-3)8-4/h9-12H,5-8H2,1-4H3. The van der Waals surface area contributed by atoms with E-state index < -0.39 is 20.0 Å². The summed E-state index contributed by atoms with van der Waals surface area (Å²) in [6.45, 7) is 8.88. The Balaban J connectivity index is 2.36. The quantitative estimate of drug-likeness (QED) is 0.603. The summed E-state index contributed by atoms with van der Waals surface area (Å²) in [4.78, 5) is 1.50. The molecule has 0 saturated heterocycles. The molecule has 0 amide bonds. The molecule has 0 atom stereocenters. The molecule has 0 unspecified atom stereocenters. The predicted molar refractivity (Wildman–Crippen MR) is 108 cm³/mol.